The van der Waals surface area contributed by atoms with Crippen LogP contribution in [0.3, 0.4) is 0 Å². The van der Waals surface area contributed by atoms with Gasteiger partial charge in [-0.2, -0.15) is 35.4 Å². The first-order chi connectivity index (χ1) is 11.7. The summed E-state index contributed by atoms with van der Waals surface area (Å²) < 4.78 is 2.13. The van der Waals surface area contributed by atoms with Crippen LogP contribution in [0, 0.1) is 19.1 Å². The number of pyridine rings is 1. The number of rotatable bonds is 2. The van der Waals surface area contributed by atoms with Crippen LogP contribution < -0.4 is 4.57 Å². The van der Waals surface area contributed by atoms with Crippen LogP contribution in [0.4, 0.5) is 0 Å². The van der Waals surface area contributed by atoms with E-state index in [4.69, 9.17) is 0 Å². The summed E-state index contributed by atoms with van der Waals surface area (Å²) in [6.07, 6.45) is 2.07. The molecule has 0 spiro atoms. The molecule has 0 saturated carbocycles. The third kappa shape index (κ3) is 3.97. The molecule has 0 aliphatic rings. The number of aryl methyl sites for hydroxylation is 2. The first kappa shape index (κ1) is 20.5. The average Bonchev–Trinajstić information content (AvgIpc) is 2.62. The maximum atomic E-state index is 3.60. The zero-order valence-electron chi connectivity index (χ0n) is 15.0. The molecule has 0 bridgehead atoms. The van der Waals surface area contributed by atoms with E-state index in [2.05, 4.69) is 97.5 Å². The van der Waals surface area contributed by atoms with Crippen LogP contribution in [0.25, 0.3) is 33.2 Å². The molecule has 0 saturated heterocycles. The molecular formula is C23H18BNY-. The number of aromatic nitrogens is 1. The first-order valence-electron chi connectivity index (χ1n) is 8.12. The van der Waals surface area contributed by atoms with Crippen LogP contribution >= 0.6 is 0 Å². The monoisotopic (exact) mass is 408 g/mol. The van der Waals surface area contributed by atoms with Gasteiger partial charge < -0.3 is 0 Å². The predicted octanol–water partition coefficient (Wildman–Crippen LogP) is 4.52. The van der Waals surface area contributed by atoms with E-state index in [1.54, 1.807) is 0 Å². The summed E-state index contributed by atoms with van der Waals surface area (Å²) in [5, 5.41) is 2.35. The van der Waals surface area contributed by atoms with Gasteiger partial charge in [0.05, 0.1) is 0 Å². The molecule has 0 unspecified atom stereocenters. The molecule has 4 radical (unpaired) electrons. The van der Waals surface area contributed by atoms with Crippen molar-refractivity contribution in [3.63, 3.8) is 0 Å². The molecule has 0 atom stereocenters. The number of benzene rings is 3. The van der Waals surface area contributed by atoms with Crippen molar-refractivity contribution in [2.24, 2.45) is 7.05 Å². The minimum atomic E-state index is 0. The molecule has 1 heterocycles. The summed E-state index contributed by atoms with van der Waals surface area (Å²) in [6, 6.07) is 30.2. The zero-order valence-corrected chi connectivity index (χ0v) is 17.9. The van der Waals surface area contributed by atoms with Crippen LogP contribution in [0.15, 0.2) is 72.9 Å². The molecule has 3 heteroatoms. The average molecular weight is 408 g/mol. The minimum Gasteiger partial charge on any atom is -0.234 e. The Kier molecular flexibility index (Phi) is 6.92. The number of hydrogen-bond donors (Lipinski definition) is 0. The molecule has 3 aromatic carbocycles. The van der Waals surface area contributed by atoms with Crippen LogP contribution in [-0.4, -0.2) is 8.41 Å². The molecule has 1 nitrogen and oxygen atoms in total. The molecule has 26 heavy (non-hydrogen) atoms. The smallest absolute Gasteiger partial charge is 0.161 e. The van der Waals surface area contributed by atoms with Gasteiger partial charge >= 0.3 is 0 Å². The first-order valence-corrected chi connectivity index (χ1v) is 8.12. The standard InChI is InChI=1S/C23H18N.B.Y/c1-17-10-11-21(16-22(17)23-9-5-6-14-24(23)2)20-13-12-18-7-3-4-8-19(18)15-20;;/h3-14H,1-2H3;;/q-1;;. The Balaban J connectivity index is 0.00000121. The van der Waals surface area contributed by atoms with Gasteiger partial charge in [0, 0.05) is 47.2 Å². The topological polar surface area (TPSA) is 3.88 Å². The van der Waals surface area contributed by atoms with Crippen LogP contribution in [0.2, 0.25) is 0 Å². The van der Waals surface area contributed by atoms with Gasteiger partial charge in [-0.25, -0.2) is 4.57 Å². The SMILES string of the molecule is Cc1ccc(-c2[c-]c3ccccc3cc2)[c-]c1-c1cccc[n+]1C.[B].[Y]. The fourth-order valence-electron chi connectivity index (χ4n) is 3.05. The fourth-order valence-corrected chi connectivity index (χ4v) is 3.05. The Bertz CT molecular complexity index is 1040. The van der Waals surface area contributed by atoms with E-state index in [0.717, 1.165) is 27.8 Å². The molecule has 0 fully saturated rings. The van der Waals surface area contributed by atoms with Gasteiger partial charge in [0.15, 0.2) is 6.20 Å². The van der Waals surface area contributed by atoms with Gasteiger partial charge in [0.2, 0.25) is 0 Å². The number of hydrogen-bond acceptors (Lipinski definition) is 0. The van der Waals surface area contributed by atoms with E-state index in [-0.39, 0.29) is 41.1 Å². The van der Waals surface area contributed by atoms with Gasteiger partial charge in [-0.05, 0) is 6.07 Å². The second kappa shape index (κ2) is 8.75. The Morgan fingerprint density at radius 2 is 1.46 bits per heavy atom. The molecule has 0 aliphatic heterocycles. The molecule has 4 rings (SSSR count). The fraction of sp³-hybridized carbons (Fsp3) is 0.0870. The van der Waals surface area contributed by atoms with Crippen molar-refractivity contribution in [3.05, 3.63) is 90.6 Å². The van der Waals surface area contributed by atoms with Crippen LogP contribution in [0.1, 0.15) is 5.56 Å². The molecule has 4 aromatic rings. The maximum Gasteiger partial charge on any atom is 0.161 e. The van der Waals surface area contributed by atoms with Crippen LogP contribution in [-0.2, 0) is 39.8 Å². The largest absolute Gasteiger partial charge is 0.234 e. The van der Waals surface area contributed by atoms with Gasteiger partial charge in [-0.3, -0.25) is 0 Å². The van der Waals surface area contributed by atoms with Crippen molar-refractivity contribution in [1.82, 2.24) is 0 Å². The van der Waals surface area contributed by atoms with Crippen molar-refractivity contribution >= 4 is 19.2 Å². The molecular weight excluding hydrogens is 390 g/mol. The van der Waals surface area contributed by atoms with Crippen molar-refractivity contribution in [2.45, 2.75) is 6.92 Å². The zero-order chi connectivity index (χ0) is 16.5. The third-order valence-electron chi connectivity index (χ3n) is 4.41. The van der Waals surface area contributed by atoms with E-state index < -0.39 is 0 Å². The summed E-state index contributed by atoms with van der Waals surface area (Å²) in [4.78, 5) is 0. The van der Waals surface area contributed by atoms with E-state index in [0.29, 0.717) is 0 Å². The van der Waals surface area contributed by atoms with E-state index in [9.17, 15) is 0 Å². The van der Waals surface area contributed by atoms with Crippen molar-refractivity contribution in [3.8, 4) is 22.4 Å². The Morgan fingerprint density at radius 3 is 2.27 bits per heavy atom. The second-order valence-corrected chi connectivity index (χ2v) is 6.09. The normalized spacial score (nSPS) is 10.1. The molecule has 0 aliphatic carbocycles. The Labute approximate surface area is 182 Å². The number of fused-ring (bicyclic) bond motifs is 1. The van der Waals surface area contributed by atoms with E-state index in [1.807, 2.05) is 6.07 Å². The minimum absolute atomic E-state index is 0. The number of nitrogens with zero attached hydrogens (tertiary/aromatic N) is 1. The summed E-state index contributed by atoms with van der Waals surface area (Å²) in [5.74, 6) is 0. The predicted molar refractivity (Wildman–Crippen MR) is 104 cm³/mol. The van der Waals surface area contributed by atoms with Gasteiger partial charge in [-0.1, -0.05) is 42.1 Å². The van der Waals surface area contributed by atoms with Crippen molar-refractivity contribution in [1.29, 1.82) is 0 Å². The molecule has 0 N–H and O–H groups in total. The Hall–Kier alpha value is -1.76. The van der Waals surface area contributed by atoms with Gasteiger partial charge in [0.1, 0.15) is 12.7 Å². The summed E-state index contributed by atoms with van der Waals surface area (Å²) in [5.41, 5.74) is 5.68. The summed E-state index contributed by atoms with van der Waals surface area (Å²) >= 11 is 0. The molecule has 0 amide bonds. The van der Waals surface area contributed by atoms with Crippen LogP contribution in [0.5, 0.6) is 0 Å². The Morgan fingerprint density at radius 1 is 0.769 bits per heavy atom. The quantitative estimate of drug-likeness (QED) is 0.261. The van der Waals surface area contributed by atoms with Gasteiger partial charge in [-0.15, -0.1) is 29.1 Å². The third-order valence-corrected chi connectivity index (χ3v) is 4.41. The van der Waals surface area contributed by atoms with Crippen molar-refractivity contribution < 1.29 is 37.3 Å². The maximum absolute atomic E-state index is 3.60. The van der Waals surface area contributed by atoms with Gasteiger partial charge in [0.25, 0.3) is 0 Å². The van der Waals surface area contributed by atoms with Crippen molar-refractivity contribution in [2.75, 3.05) is 0 Å². The molecule has 122 valence electrons. The second-order valence-electron chi connectivity index (χ2n) is 6.09. The summed E-state index contributed by atoms with van der Waals surface area (Å²) in [7, 11) is 2.07. The van der Waals surface area contributed by atoms with E-state index in [1.165, 1.54) is 10.9 Å². The van der Waals surface area contributed by atoms with E-state index >= 15 is 0 Å². The summed E-state index contributed by atoms with van der Waals surface area (Å²) in [6.45, 7) is 2.13. The molecule has 1 aromatic heterocycles.